The van der Waals surface area contributed by atoms with E-state index in [9.17, 15) is 4.79 Å². The topological polar surface area (TPSA) is 46.5 Å². The van der Waals surface area contributed by atoms with Gasteiger partial charge in [0.15, 0.2) is 0 Å². The molecule has 0 atom stereocenters. The normalized spacial score (nSPS) is 10.2. The van der Waals surface area contributed by atoms with Gasteiger partial charge in [0.2, 0.25) is 0 Å². The third-order valence-corrected chi connectivity index (χ3v) is 3.06. The van der Waals surface area contributed by atoms with Crippen LogP contribution >= 0.6 is 11.6 Å². The minimum Gasteiger partial charge on any atom is -0.487 e. The highest BCUT2D eigenvalue weighted by Crippen LogP contribution is 2.24. The number of hydrogen-bond acceptors (Lipinski definition) is 2. The Kier molecular flexibility index (Phi) is 4.07. The molecular weight excluding hydrogens is 264 g/mol. The van der Waals surface area contributed by atoms with Crippen molar-refractivity contribution in [2.75, 3.05) is 0 Å². The first kappa shape index (κ1) is 13.4. The van der Waals surface area contributed by atoms with Crippen LogP contribution in [0.4, 0.5) is 0 Å². The van der Waals surface area contributed by atoms with Crippen LogP contribution in [0.25, 0.3) is 0 Å². The van der Waals surface area contributed by atoms with Crippen molar-refractivity contribution in [3.05, 3.63) is 64.2 Å². The van der Waals surface area contributed by atoms with Crippen LogP contribution in [-0.2, 0) is 6.61 Å². The molecule has 0 amide bonds. The van der Waals surface area contributed by atoms with Gasteiger partial charge in [-0.05, 0) is 36.2 Å². The molecule has 0 saturated heterocycles. The number of carbonyl (C=O) groups is 1. The molecule has 3 nitrogen and oxygen atoms in total. The van der Waals surface area contributed by atoms with Gasteiger partial charge in [0.05, 0.1) is 10.6 Å². The molecule has 2 aromatic rings. The van der Waals surface area contributed by atoms with Gasteiger partial charge in [0.1, 0.15) is 12.4 Å². The maximum atomic E-state index is 10.9. The van der Waals surface area contributed by atoms with Gasteiger partial charge in [-0.2, -0.15) is 0 Å². The van der Waals surface area contributed by atoms with E-state index in [1.807, 2.05) is 12.1 Å². The number of aryl methyl sites for hydroxylation is 1. The Bertz CT molecular complexity index is 608. The Morgan fingerprint density at radius 1 is 1.26 bits per heavy atom. The standard InChI is InChI=1S/C15H13ClO3/c1-10-8-11(6-7-12(10)15(17)18)9-19-14-5-3-2-4-13(14)16/h2-8H,9H2,1H3,(H,17,18). The summed E-state index contributed by atoms with van der Waals surface area (Å²) in [6, 6.07) is 12.4. The molecular formula is C15H13ClO3. The van der Waals surface area contributed by atoms with E-state index in [0.717, 1.165) is 5.56 Å². The highest BCUT2D eigenvalue weighted by atomic mass is 35.5. The molecule has 0 aliphatic carbocycles. The van der Waals surface area contributed by atoms with E-state index >= 15 is 0 Å². The average Bonchev–Trinajstić information content (AvgIpc) is 2.37. The summed E-state index contributed by atoms with van der Waals surface area (Å²) < 4.78 is 5.60. The van der Waals surface area contributed by atoms with Gasteiger partial charge in [-0.3, -0.25) is 0 Å². The molecule has 0 aliphatic heterocycles. The molecule has 0 bridgehead atoms. The Balaban J connectivity index is 2.11. The summed E-state index contributed by atoms with van der Waals surface area (Å²) in [5.74, 6) is -0.305. The Morgan fingerprint density at radius 3 is 2.63 bits per heavy atom. The second-order valence-corrected chi connectivity index (χ2v) is 4.58. The lowest BCUT2D eigenvalue weighted by molar-refractivity contribution is 0.0696. The zero-order valence-electron chi connectivity index (χ0n) is 10.4. The monoisotopic (exact) mass is 276 g/mol. The van der Waals surface area contributed by atoms with E-state index in [2.05, 4.69) is 0 Å². The van der Waals surface area contributed by atoms with Crippen molar-refractivity contribution in [1.29, 1.82) is 0 Å². The average molecular weight is 277 g/mol. The maximum Gasteiger partial charge on any atom is 0.335 e. The molecule has 0 aliphatic rings. The second-order valence-electron chi connectivity index (χ2n) is 4.17. The maximum absolute atomic E-state index is 10.9. The Hall–Kier alpha value is -2.00. The first-order chi connectivity index (χ1) is 9.08. The molecule has 1 N–H and O–H groups in total. The summed E-state index contributed by atoms with van der Waals surface area (Å²) >= 11 is 5.99. The molecule has 0 radical (unpaired) electrons. The van der Waals surface area contributed by atoms with Gasteiger partial charge in [0.25, 0.3) is 0 Å². The lowest BCUT2D eigenvalue weighted by Crippen LogP contribution is -2.02. The molecule has 19 heavy (non-hydrogen) atoms. The molecule has 2 rings (SSSR count). The summed E-state index contributed by atoms with van der Waals surface area (Å²) in [5, 5.41) is 9.51. The number of benzene rings is 2. The van der Waals surface area contributed by atoms with E-state index in [1.54, 1.807) is 37.3 Å². The first-order valence-corrected chi connectivity index (χ1v) is 6.16. The minimum absolute atomic E-state index is 0.307. The zero-order valence-corrected chi connectivity index (χ0v) is 11.1. The molecule has 0 saturated carbocycles. The number of halogens is 1. The van der Waals surface area contributed by atoms with E-state index in [-0.39, 0.29) is 0 Å². The number of carboxylic acids is 1. The molecule has 0 fully saturated rings. The smallest absolute Gasteiger partial charge is 0.335 e. The summed E-state index contributed by atoms with van der Waals surface area (Å²) in [7, 11) is 0. The number of ether oxygens (including phenoxy) is 1. The second kappa shape index (κ2) is 5.76. The SMILES string of the molecule is Cc1cc(COc2ccccc2Cl)ccc1C(=O)O. The number of para-hydroxylation sites is 1. The van der Waals surface area contributed by atoms with Crippen LogP contribution in [0.15, 0.2) is 42.5 Å². The molecule has 0 heterocycles. The summed E-state index contributed by atoms with van der Waals surface area (Å²) in [5.41, 5.74) is 1.93. The number of carboxylic acid groups (broad SMARTS) is 1. The quantitative estimate of drug-likeness (QED) is 0.920. The predicted octanol–water partition coefficient (Wildman–Crippen LogP) is 3.93. The minimum atomic E-state index is -0.920. The third-order valence-electron chi connectivity index (χ3n) is 2.75. The number of rotatable bonds is 4. The van der Waals surface area contributed by atoms with Crippen molar-refractivity contribution >= 4 is 17.6 Å². The van der Waals surface area contributed by atoms with Gasteiger partial charge >= 0.3 is 5.97 Å². The molecule has 0 unspecified atom stereocenters. The van der Waals surface area contributed by atoms with Crippen molar-refractivity contribution in [3.8, 4) is 5.75 Å². The Labute approximate surface area is 116 Å². The van der Waals surface area contributed by atoms with Gasteiger partial charge in [-0.25, -0.2) is 4.79 Å². The highest BCUT2D eigenvalue weighted by molar-refractivity contribution is 6.32. The van der Waals surface area contributed by atoms with E-state index in [4.69, 9.17) is 21.4 Å². The van der Waals surface area contributed by atoms with Crippen LogP contribution in [-0.4, -0.2) is 11.1 Å². The zero-order chi connectivity index (χ0) is 13.8. The summed E-state index contributed by atoms with van der Waals surface area (Å²) in [6.07, 6.45) is 0. The van der Waals surface area contributed by atoms with E-state index in [1.165, 1.54) is 0 Å². The first-order valence-electron chi connectivity index (χ1n) is 5.78. The fourth-order valence-electron chi connectivity index (χ4n) is 1.78. The summed E-state index contributed by atoms with van der Waals surface area (Å²) in [4.78, 5) is 10.9. The van der Waals surface area contributed by atoms with Crippen molar-refractivity contribution in [2.45, 2.75) is 13.5 Å². The van der Waals surface area contributed by atoms with Crippen molar-refractivity contribution < 1.29 is 14.6 Å². The Morgan fingerprint density at radius 2 is 2.00 bits per heavy atom. The lowest BCUT2D eigenvalue weighted by atomic mass is 10.1. The van der Waals surface area contributed by atoms with Crippen LogP contribution < -0.4 is 4.74 Å². The van der Waals surface area contributed by atoms with Gasteiger partial charge in [-0.15, -0.1) is 0 Å². The van der Waals surface area contributed by atoms with Gasteiger partial charge in [-0.1, -0.05) is 35.9 Å². The molecule has 4 heteroatoms. The molecule has 2 aromatic carbocycles. The molecule has 0 aromatic heterocycles. The predicted molar refractivity (Wildman–Crippen MR) is 73.9 cm³/mol. The van der Waals surface area contributed by atoms with Crippen LogP contribution in [0.3, 0.4) is 0 Å². The van der Waals surface area contributed by atoms with Crippen LogP contribution in [0.5, 0.6) is 5.75 Å². The largest absolute Gasteiger partial charge is 0.487 e. The summed E-state index contributed by atoms with van der Waals surface area (Å²) in [6.45, 7) is 2.12. The number of aromatic carboxylic acids is 1. The van der Waals surface area contributed by atoms with Gasteiger partial charge < -0.3 is 9.84 Å². The van der Waals surface area contributed by atoms with Crippen LogP contribution in [0, 0.1) is 6.92 Å². The lowest BCUT2D eigenvalue weighted by Gasteiger charge is -2.09. The van der Waals surface area contributed by atoms with Crippen LogP contribution in [0.1, 0.15) is 21.5 Å². The van der Waals surface area contributed by atoms with Gasteiger partial charge in [0, 0.05) is 0 Å². The highest BCUT2D eigenvalue weighted by Gasteiger charge is 2.07. The fraction of sp³-hybridized carbons (Fsp3) is 0.133. The van der Waals surface area contributed by atoms with Crippen LogP contribution in [0.2, 0.25) is 5.02 Å². The van der Waals surface area contributed by atoms with Crippen molar-refractivity contribution in [1.82, 2.24) is 0 Å². The number of hydrogen-bond donors (Lipinski definition) is 1. The fourth-order valence-corrected chi connectivity index (χ4v) is 1.97. The molecule has 98 valence electrons. The van der Waals surface area contributed by atoms with Crippen molar-refractivity contribution in [2.24, 2.45) is 0 Å². The van der Waals surface area contributed by atoms with E-state index in [0.29, 0.717) is 28.5 Å². The van der Waals surface area contributed by atoms with E-state index < -0.39 is 5.97 Å². The van der Waals surface area contributed by atoms with Crippen molar-refractivity contribution in [3.63, 3.8) is 0 Å². The molecule has 0 spiro atoms. The third kappa shape index (κ3) is 3.26.